The van der Waals surface area contributed by atoms with Gasteiger partial charge in [-0.15, -0.1) is 0 Å². The average Bonchev–Trinajstić information content (AvgIpc) is 2.08. The van der Waals surface area contributed by atoms with E-state index in [1.54, 1.807) is 12.1 Å². The summed E-state index contributed by atoms with van der Waals surface area (Å²) in [5.41, 5.74) is 6.93. The molecule has 1 aromatic rings. The molecule has 0 radical (unpaired) electrons. The number of aryl methyl sites for hydroxylation is 1. The van der Waals surface area contributed by atoms with E-state index in [9.17, 15) is 4.79 Å². The third-order valence-corrected chi connectivity index (χ3v) is 2.77. The summed E-state index contributed by atoms with van der Waals surface area (Å²) in [6.45, 7) is 1.82. The molecule has 0 saturated carbocycles. The van der Waals surface area contributed by atoms with Gasteiger partial charge in [-0.05, 0) is 47.2 Å². The Labute approximate surface area is 89.7 Å². The quantitative estimate of drug-likeness (QED) is 0.796. The number of benzene rings is 1. The van der Waals surface area contributed by atoms with Crippen LogP contribution in [-0.2, 0) is 0 Å². The molecule has 0 aliphatic rings. The first-order valence-corrected chi connectivity index (χ1v) is 4.64. The Hall–Kier alpha value is -1.09. The average molecular weight is 286 g/mol. The molecular formula is C9H7IN2O. The zero-order valence-electron chi connectivity index (χ0n) is 6.97. The van der Waals surface area contributed by atoms with Gasteiger partial charge in [0.15, 0.2) is 0 Å². The first-order valence-electron chi connectivity index (χ1n) is 3.56. The molecule has 0 atom stereocenters. The minimum Gasteiger partial charge on any atom is -0.366 e. The molecule has 0 saturated heterocycles. The first-order chi connectivity index (χ1) is 6.06. The molecule has 1 aromatic carbocycles. The molecule has 0 aliphatic heterocycles. The van der Waals surface area contributed by atoms with E-state index in [0.717, 1.165) is 5.56 Å². The number of carbonyl (C=O) groups is 1. The third kappa shape index (κ3) is 1.98. The van der Waals surface area contributed by atoms with Crippen molar-refractivity contribution in [2.24, 2.45) is 5.73 Å². The maximum atomic E-state index is 11.0. The number of nitriles is 1. The topological polar surface area (TPSA) is 66.9 Å². The van der Waals surface area contributed by atoms with Crippen LogP contribution in [0.3, 0.4) is 0 Å². The van der Waals surface area contributed by atoms with Gasteiger partial charge in [-0.2, -0.15) is 5.26 Å². The predicted octanol–water partition coefficient (Wildman–Crippen LogP) is 1.57. The summed E-state index contributed by atoms with van der Waals surface area (Å²) >= 11 is 1.95. The van der Waals surface area contributed by atoms with Crippen molar-refractivity contribution in [3.8, 4) is 6.07 Å². The molecule has 0 heterocycles. The Bertz CT molecular complexity index is 407. The van der Waals surface area contributed by atoms with Crippen LogP contribution in [0.2, 0.25) is 0 Å². The number of nitrogens with two attached hydrogens (primary N) is 1. The molecule has 1 amide bonds. The smallest absolute Gasteiger partial charge is 0.249 e. The van der Waals surface area contributed by atoms with E-state index in [2.05, 4.69) is 0 Å². The molecule has 0 unspecified atom stereocenters. The van der Waals surface area contributed by atoms with E-state index in [0.29, 0.717) is 14.7 Å². The Balaban J connectivity index is 3.47. The van der Waals surface area contributed by atoms with Crippen molar-refractivity contribution < 1.29 is 4.79 Å². The van der Waals surface area contributed by atoms with Crippen LogP contribution >= 0.6 is 22.6 Å². The lowest BCUT2D eigenvalue weighted by molar-refractivity contribution is 0.0999. The van der Waals surface area contributed by atoms with Crippen molar-refractivity contribution in [3.05, 3.63) is 32.4 Å². The highest BCUT2D eigenvalue weighted by Gasteiger charge is 2.10. The standard InChI is InChI=1S/C9H7IN2O/c1-5-2-6(4-11)8(10)7(3-5)9(12)13/h2-3H,1H3,(H2,12,13). The monoisotopic (exact) mass is 286 g/mol. The van der Waals surface area contributed by atoms with E-state index < -0.39 is 5.91 Å². The van der Waals surface area contributed by atoms with E-state index in [-0.39, 0.29) is 0 Å². The molecule has 0 spiro atoms. The molecule has 1 rings (SSSR count). The van der Waals surface area contributed by atoms with Crippen molar-refractivity contribution in [2.75, 3.05) is 0 Å². The summed E-state index contributed by atoms with van der Waals surface area (Å²) in [7, 11) is 0. The van der Waals surface area contributed by atoms with Crippen LogP contribution < -0.4 is 5.73 Å². The fourth-order valence-corrected chi connectivity index (χ4v) is 1.73. The van der Waals surface area contributed by atoms with Gasteiger partial charge in [0, 0.05) is 3.57 Å². The summed E-state index contributed by atoms with van der Waals surface area (Å²) < 4.78 is 0.623. The maximum Gasteiger partial charge on any atom is 0.249 e. The molecule has 0 aliphatic carbocycles. The number of primary amides is 1. The van der Waals surface area contributed by atoms with Crippen LogP contribution in [0.1, 0.15) is 21.5 Å². The van der Waals surface area contributed by atoms with Gasteiger partial charge in [-0.3, -0.25) is 4.79 Å². The molecule has 0 fully saturated rings. The Kier molecular flexibility index (Phi) is 2.88. The highest BCUT2D eigenvalue weighted by atomic mass is 127. The lowest BCUT2D eigenvalue weighted by Gasteiger charge is -2.03. The molecule has 2 N–H and O–H groups in total. The second-order valence-electron chi connectivity index (χ2n) is 2.65. The SMILES string of the molecule is Cc1cc(C#N)c(I)c(C(N)=O)c1. The van der Waals surface area contributed by atoms with Crippen molar-refractivity contribution in [1.82, 2.24) is 0 Å². The van der Waals surface area contributed by atoms with Gasteiger partial charge in [0.25, 0.3) is 0 Å². The first kappa shape index (κ1) is 9.99. The molecule has 0 aromatic heterocycles. The van der Waals surface area contributed by atoms with Crippen LogP contribution in [0.5, 0.6) is 0 Å². The third-order valence-electron chi connectivity index (χ3n) is 1.60. The van der Waals surface area contributed by atoms with Gasteiger partial charge < -0.3 is 5.73 Å². The van der Waals surface area contributed by atoms with Crippen molar-refractivity contribution in [2.45, 2.75) is 6.92 Å². The molecular weight excluding hydrogens is 279 g/mol. The van der Waals surface area contributed by atoms with Crippen molar-refractivity contribution >= 4 is 28.5 Å². The summed E-state index contributed by atoms with van der Waals surface area (Å²) in [4.78, 5) is 11.0. The van der Waals surface area contributed by atoms with Crippen LogP contribution in [0.25, 0.3) is 0 Å². The van der Waals surface area contributed by atoms with Gasteiger partial charge >= 0.3 is 0 Å². The normalized spacial score (nSPS) is 9.31. The minimum absolute atomic E-state index is 0.414. The van der Waals surface area contributed by atoms with Gasteiger partial charge in [0.2, 0.25) is 5.91 Å². The van der Waals surface area contributed by atoms with E-state index in [1.165, 1.54) is 0 Å². The fraction of sp³-hybridized carbons (Fsp3) is 0.111. The molecule has 4 heteroatoms. The zero-order chi connectivity index (χ0) is 10.0. The minimum atomic E-state index is -0.496. The largest absolute Gasteiger partial charge is 0.366 e. The lowest BCUT2D eigenvalue weighted by atomic mass is 10.1. The van der Waals surface area contributed by atoms with E-state index >= 15 is 0 Å². The molecule has 66 valence electrons. The van der Waals surface area contributed by atoms with Gasteiger partial charge in [0.05, 0.1) is 11.1 Å². The fourth-order valence-electron chi connectivity index (χ4n) is 1.03. The van der Waals surface area contributed by atoms with Gasteiger partial charge in [-0.1, -0.05) is 0 Å². The number of hydrogen-bond acceptors (Lipinski definition) is 2. The van der Waals surface area contributed by atoms with Crippen molar-refractivity contribution in [3.63, 3.8) is 0 Å². The Morgan fingerprint density at radius 2 is 2.23 bits per heavy atom. The number of hydrogen-bond donors (Lipinski definition) is 1. The second-order valence-corrected chi connectivity index (χ2v) is 3.73. The number of amides is 1. The molecule has 3 nitrogen and oxygen atoms in total. The van der Waals surface area contributed by atoms with Crippen molar-refractivity contribution in [1.29, 1.82) is 5.26 Å². The maximum absolute atomic E-state index is 11.0. The van der Waals surface area contributed by atoms with Crippen LogP contribution in [-0.4, -0.2) is 5.91 Å². The zero-order valence-corrected chi connectivity index (χ0v) is 9.12. The number of rotatable bonds is 1. The van der Waals surface area contributed by atoms with Gasteiger partial charge in [0.1, 0.15) is 6.07 Å². The Morgan fingerprint density at radius 1 is 1.62 bits per heavy atom. The summed E-state index contributed by atoms with van der Waals surface area (Å²) in [5, 5.41) is 8.74. The second kappa shape index (κ2) is 3.75. The van der Waals surface area contributed by atoms with Crippen LogP contribution in [0, 0.1) is 21.8 Å². The highest BCUT2D eigenvalue weighted by Crippen LogP contribution is 2.18. The van der Waals surface area contributed by atoms with E-state index in [1.807, 2.05) is 35.6 Å². The summed E-state index contributed by atoms with van der Waals surface area (Å²) in [6.07, 6.45) is 0. The summed E-state index contributed by atoms with van der Waals surface area (Å²) in [5.74, 6) is -0.496. The van der Waals surface area contributed by atoms with Crippen LogP contribution in [0.4, 0.5) is 0 Å². The van der Waals surface area contributed by atoms with E-state index in [4.69, 9.17) is 11.0 Å². The van der Waals surface area contributed by atoms with Gasteiger partial charge in [-0.25, -0.2) is 0 Å². The Morgan fingerprint density at radius 3 is 2.69 bits per heavy atom. The number of halogens is 1. The van der Waals surface area contributed by atoms with Crippen LogP contribution in [0.15, 0.2) is 12.1 Å². The highest BCUT2D eigenvalue weighted by molar-refractivity contribution is 14.1. The predicted molar refractivity (Wildman–Crippen MR) is 57.1 cm³/mol. The lowest BCUT2D eigenvalue weighted by Crippen LogP contribution is -2.13. The number of carbonyl (C=O) groups excluding carboxylic acids is 1. The molecule has 13 heavy (non-hydrogen) atoms. The molecule has 0 bridgehead atoms. The number of nitrogens with zero attached hydrogens (tertiary/aromatic N) is 1. The summed E-state index contributed by atoms with van der Waals surface area (Å²) in [6, 6.07) is 5.43.